The second-order valence-electron chi connectivity index (χ2n) is 3.83. The van der Waals surface area contributed by atoms with Crippen LogP contribution in [0.4, 0.5) is 5.69 Å². The highest BCUT2D eigenvalue weighted by atomic mass is 32.2. The molecule has 4 N–H and O–H groups in total. The number of hydrogen-bond donors (Lipinski definition) is 3. The number of fused-ring (bicyclic) bond motifs is 1. The molecule has 0 saturated carbocycles. The van der Waals surface area contributed by atoms with Crippen molar-refractivity contribution in [3.8, 4) is 5.75 Å². The van der Waals surface area contributed by atoms with Crippen LogP contribution in [0.2, 0.25) is 0 Å². The SMILES string of the molecule is NS(=O)(=O)c1cc2c(c(C(=O)O)c1)OCCCN2. The van der Waals surface area contributed by atoms with E-state index in [-0.39, 0.29) is 16.2 Å². The number of hydrogen-bond acceptors (Lipinski definition) is 5. The van der Waals surface area contributed by atoms with Gasteiger partial charge in [-0.2, -0.15) is 0 Å². The van der Waals surface area contributed by atoms with E-state index in [9.17, 15) is 13.2 Å². The fraction of sp³-hybridized carbons (Fsp3) is 0.300. The van der Waals surface area contributed by atoms with E-state index in [1.54, 1.807) is 0 Å². The molecule has 0 fully saturated rings. The molecule has 0 spiro atoms. The molecule has 1 aromatic rings. The molecule has 0 unspecified atom stereocenters. The Bertz CT molecular complexity index is 597. The van der Waals surface area contributed by atoms with Gasteiger partial charge in [0.15, 0.2) is 5.75 Å². The predicted octanol–water partition coefficient (Wildman–Crippen LogP) is 0.227. The van der Waals surface area contributed by atoms with Gasteiger partial charge in [0, 0.05) is 6.54 Å². The second kappa shape index (κ2) is 4.46. The Hall–Kier alpha value is -1.80. The zero-order valence-corrected chi connectivity index (χ0v) is 10.2. The van der Waals surface area contributed by atoms with Crippen molar-refractivity contribution in [2.75, 3.05) is 18.5 Å². The number of carboxylic acid groups (broad SMARTS) is 1. The summed E-state index contributed by atoms with van der Waals surface area (Å²) >= 11 is 0. The van der Waals surface area contributed by atoms with E-state index in [1.165, 1.54) is 6.07 Å². The monoisotopic (exact) mass is 272 g/mol. The molecule has 1 heterocycles. The van der Waals surface area contributed by atoms with Gasteiger partial charge in [-0.3, -0.25) is 0 Å². The molecule has 0 amide bonds. The molecule has 1 aliphatic heterocycles. The van der Waals surface area contributed by atoms with Crippen LogP contribution < -0.4 is 15.2 Å². The highest BCUT2D eigenvalue weighted by Gasteiger charge is 2.22. The van der Waals surface area contributed by atoms with E-state index >= 15 is 0 Å². The first-order valence-corrected chi connectivity index (χ1v) is 6.75. The van der Waals surface area contributed by atoms with Crippen LogP contribution in [-0.4, -0.2) is 32.6 Å². The van der Waals surface area contributed by atoms with E-state index in [0.29, 0.717) is 25.3 Å². The van der Waals surface area contributed by atoms with E-state index < -0.39 is 16.0 Å². The van der Waals surface area contributed by atoms with Crippen molar-refractivity contribution in [3.63, 3.8) is 0 Å². The minimum Gasteiger partial charge on any atom is -0.490 e. The van der Waals surface area contributed by atoms with Crippen molar-refractivity contribution in [2.45, 2.75) is 11.3 Å². The maximum Gasteiger partial charge on any atom is 0.339 e. The second-order valence-corrected chi connectivity index (χ2v) is 5.39. The third kappa shape index (κ3) is 2.39. The molecule has 0 bridgehead atoms. The molecule has 0 saturated heterocycles. The molecule has 8 heteroatoms. The fourth-order valence-electron chi connectivity index (χ4n) is 1.68. The molecular weight excluding hydrogens is 260 g/mol. The molecule has 0 atom stereocenters. The van der Waals surface area contributed by atoms with E-state index in [0.717, 1.165) is 6.07 Å². The Morgan fingerprint density at radius 2 is 2.17 bits per heavy atom. The summed E-state index contributed by atoms with van der Waals surface area (Å²) in [5.74, 6) is -1.12. The third-order valence-corrected chi connectivity index (χ3v) is 3.40. The number of anilines is 1. The molecule has 18 heavy (non-hydrogen) atoms. The van der Waals surface area contributed by atoms with Gasteiger partial charge in [-0.25, -0.2) is 18.4 Å². The quantitative estimate of drug-likeness (QED) is 0.709. The third-order valence-electron chi connectivity index (χ3n) is 2.50. The predicted molar refractivity (Wildman–Crippen MR) is 63.4 cm³/mol. The van der Waals surface area contributed by atoms with Crippen LogP contribution in [0.1, 0.15) is 16.8 Å². The lowest BCUT2D eigenvalue weighted by molar-refractivity contribution is 0.0692. The number of nitrogens with two attached hydrogens (primary N) is 1. The number of benzene rings is 1. The number of carboxylic acids is 1. The maximum absolute atomic E-state index is 11.3. The lowest BCUT2D eigenvalue weighted by Crippen LogP contribution is -2.14. The molecule has 98 valence electrons. The van der Waals surface area contributed by atoms with Gasteiger partial charge < -0.3 is 15.2 Å². The van der Waals surface area contributed by atoms with Crippen molar-refractivity contribution in [3.05, 3.63) is 17.7 Å². The average molecular weight is 272 g/mol. The fourth-order valence-corrected chi connectivity index (χ4v) is 2.25. The number of aromatic carboxylic acids is 1. The van der Waals surface area contributed by atoms with Crippen LogP contribution in [0.15, 0.2) is 17.0 Å². The van der Waals surface area contributed by atoms with Crippen LogP contribution >= 0.6 is 0 Å². The number of sulfonamides is 1. The van der Waals surface area contributed by atoms with Gasteiger partial charge in [0.05, 0.1) is 17.2 Å². The smallest absolute Gasteiger partial charge is 0.339 e. The normalized spacial score (nSPS) is 14.9. The van der Waals surface area contributed by atoms with Gasteiger partial charge >= 0.3 is 5.97 Å². The zero-order chi connectivity index (χ0) is 13.3. The number of ether oxygens (including phenoxy) is 1. The summed E-state index contributed by atoms with van der Waals surface area (Å²) < 4.78 is 27.9. The molecular formula is C10H12N2O5S. The Morgan fingerprint density at radius 3 is 2.78 bits per heavy atom. The largest absolute Gasteiger partial charge is 0.490 e. The lowest BCUT2D eigenvalue weighted by atomic mass is 10.1. The van der Waals surface area contributed by atoms with Crippen molar-refractivity contribution in [1.29, 1.82) is 0 Å². The Kier molecular flexibility index (Phi) is 3.14. The Balaban J connectivity index is 2.67. The molecule has 0 aromatic heterocycles. The van der Waals surface area contributed by atoms with Crippen LogP contribution in [-0.2, 0) is 10.0 Å². The van der Waals surface area contributed by atoms with Crippen LogP contribution in [0.5, 0.6) is 5.75 Å². The van der Waals surface area contributed by atoms with Crippen molar-refractivity contribution < 1.29 is 23.1 Å². The van der Waals surface area contributed by atoms with Gasteiger partial charge in [0.2, 0.25) is 10.0 Å². The molecule has 0 aliphatic carbocycles. The first-order valence-electron chi connectivity index (χ1n) is 5.20. The Morgan fingerprint density at radius 1 is 1.44 bits per heavy atom. The summed E-state index contributed by atoms with van der Waals surface area (Å²) in [5.41, 5.74) is 0.113. The van der Waals surface area contributed by atoms with Crippen molar-refractivity contribution in [1.82, 2.24) is 0 Å². The topological polar surface area (TPSA) is 119 Å². The highest BCUT2D eigenvalue weighted by molar-refractivity contribution is 7.89. The first-order chi connectivity index (χ1) is 8.39. The van der Waals surface area contributed by atoms with E-state index in [1.807, 2.05) is 0 Å². The minimum absolute atomic E-state index is 0.146. The van der Waals surface area contributed by atoms with Crippen LogP contribution in [0.25, 0.3) is 0 Å². The highest BCUT2D eigenvalue weighted by Crippen LogP contribution is 2.33. The molecule has 1 aliphatic rings. The van der Waals surface area contributed by atoms with Gasteiger partial charge in [-0.05, 0) is 18.6 Å². The number of carbonyl (C=O) groups is 1. The minimum atomic E-state index is -3.96. The summed E-state index contributed by atoms with van der Waals surface area (Å²) in [5, 5.41) is 17.0. The summed E-state index contributed by atoms with van der Waals surface area (Å²) in [6.07, 6.45) is 0.693. The summed E-state index contributed by atoms with van der Waals surface area (Å²) in [4.78, 5) is 10.9. The number of primary sulfonamides is 1. The van der Waals surface area contributed by atoms with Gasteiger partial charge in [0.1, 0.15) is 5.56 Å². The van der Waals surface area contributed by atoms with E-state index in [2.05, 4.69) is 5.32 Å². The Labute approximate surface area is 104 Å². The standard InChI is InChI=1S/C10H12N2O5S/c11-18(15,16)6-4-7(10(13)14)9-8(5-6)12-2-1-3-17-9/h4-5,12H,1-3H2,(H,13,14)(H2,11,15,16). The van der Waals surface area contributed by atoms with Crippen LogP contribution in [0.3, 0.4) is 0 Å². The first kappa shape index (κ1) is 12.7. The number of rotatable bonds is 2. The molecule has 0 radical (unpaired) electrons. The average Bonchev–Trinajstić information content (AvgIpc) is 2.50. The molecule has 2 rings (SSSR count). The van der Waals surface area contributed by atoms with Crippen LogP contribution in [0, 0.1) is 0 Å². The lowest BCUT2D eigenvalue weighted by Gasteiger charge is -2.12. The number of nitrogens with one attached hydrogen (secondary N) is 1. The zero-order valence-electron chi connectivity index (χ0n) is 9.34. The maximum atomic E-state index is 11.3. The van der Waals surface area contributed by atoms with Gasteiger partial charge in [-0.1, -0.05) is 0 Å². The van der Waals surface area contributed by atoms with Gasteiger partial charge in [-0.15, -0.1) is 0 Å². The van der Waals surface area contributed by atoms with E-state index in [4.69, 9.17) is 15.0 Å². The molecule has 1 aromatic carbocycles. The van der Waals surface area contributed by atoms with Crippen molar-refractivity contribution >= 4 is 21.7 Å². The summed E-state index contributed by atoms with van der Waals surface area (Å²) in [7, 11) is -3.96. The van der Waals surface area contributed by atoms with Crippen molar-refractivity contribution in [2.24, 2.45) is 5.14 Å². The summed E-state index contributed by atoms with van der Waals surface area (Å²) in [6, 6.07) is 2.28. The van der Waals surface area contributed by atoms with Gasteiger partial charge in [0.25, 0.3) is 0 Å². The summed E-state index contributed by atoms with van der Waals surface area (Å²) in [6.45, 7) is 0.940. The molecule has 7 nitrogen and oxygen atoms in total.